The van der Waals surface area contributed by atoms with E-state index in [1.807, 2.05) is 0 Å². The first-order valence-corrected chi connectivity index (χ1v) is 5.80. The minimum Gasteiger partial charge on any atom is -0.254 e. The number of nitriles is 1. The van der Waals surface area contributed by atoms with Crippen LogP contribution >= 0.6 is 10.7 Å². The molecule has 1 heterocycles. The normalized spacial score (nSPS) is 11.4. The second-order valence-corrected chi connectivity index (χ2v) is 4.99. The lowest BCUT2D eigenvalue weighted by Crippen LogP contribution is -2.00. The Labute approximate surface area is 88.5 Å². The van der Waals surface area contributed by atoms with Gasteiger partial charge in [-0.25, -0.2) is 17.2 Å². The molecule has 1 rings (SSSR count). The summed E-state index contributed by atoms with van der Waals surface area (Å²) in [7, 11) is 0.822. The average Bonchev–Trinajstić information content (AvgIpc) is 2.15. The van der Waals surface area contributed by atoms with E-state index in [0.29, 0.717) is 12.3 Å². The maximum absolute atomic E-state index is 12.2. The predicted molar refractivity (Wildman–Crippen MR) is 46.9 cm³/mol. The standard InChI is InChI=1S/C7H3ClF2N2O2S/c8-15(13,14)6-3-12-5(7(9)10)1-4(6)2-11/h1,3,7H. The van der Waals surface area contributed by atoms with Gasteiger partial charge in [0, 0.05) is 16.9 Å². The number of hydrogen-bond donors (Lipinski definition) is 0. The molecule has 15 heavy (non-hydrogen) atoms. The monoisotopic (exact) mass is 252 g/mol. The Balaban J connectivity index is 3.43. The van der Waals surface area contributed by atoms with Gasteiger partial charge < -0.3 is 0 Å². The van der Waals surface area contributed by atoms with Crippen molar-refractivity contribution >= 4 is 19.7 Å². The molecule has 80 valence electrons. The predicted octanol–water partition coefficient (Wildman–Crippen LogP) is 1.82. The van der Waals surface area contributed by atoms with Gasteiger partial charge in [0.15, 0.2) is 0 Å². The van der Waals surface area contributed by atoms with Gasteiger partial charge in [-0.05, 0) is 6.07 Å². The minimum absolute atomic E-state index is 0.449. The van der Waals surface area contributed by atoms with Crippen molar-refractivity contribution in [3.05, 3.63) is 23.5 Å². The van der Waals surface area contributed by atoms with Gasteiger partial charge in [0.05, 0.1) is 5.56 Å². The van der Waals surface area contributed by atoms with Crippen LogP contribution in [0.1, 0.15) is 17.7 Å². The molecule has 4 nitrogen and oxygen atoms in total. The Bertz CT molecular complexity index is 524. The van der Waals surface area contributed by atoms with Crippen LogP contribution in [0.3, 0.4) is 0 Å². The van der Waals surface area contributed by atoms with E-state index in [9.17, 15) is 17.2 Å². The lowest BCUT2D eigenvalue weighted by molar-refractivity contribution is 0.146. The molecule has 0 atom stereocenters. The molecule has 1 aromatic heterocycles. The topological polar surface area (TPSA) is 70.8 Å². The molecule has 0 saturated heterocycles. The van der Waals surface area contributed by atoms with Gasteiger partial charge in [-0.1, -0.05) is 0 Å². The van der Waals surface area contributed by atoms with Crippen LogP contribution in [-0.4, -0.2) is 13.4 Å². The van der Waals surface area contributed by atoms with Crippen molar-refractivity contribution in [3.63, 3.8) is 0 Å². The molecule has 0 aliphatic rings. The van der Waals surface area contributed by atoms with Gasteiger partial charge >= 0.3 is 0 Å². The van der Waals surface area contributed by atoms with Crippen LogP contribution in [0.4, 0.5) is 8.78 Å². The number of hydrogen-bond acceptors (Lipinski definition) is 4. The number of nitrogens with zero attached hydrogens (tertiary/aromatic N) is 2. The Hall–Kier alpha value is -1.26. The fraction of sp³-hybridized carbons (Fsp3) is 0.143. The number of rotatable bonds is 2. The zero-order valence-electron chi connectivity index (χ0n) is 6.99. The van der Waals surface area contributed by atoms with E-state index in [1.165, 1.54) is 6.07 Å². The van der Waals surface area contributed by atoms with Crippen LogP contribution in [-0.2, 0) is 9.05 Å². The van der Waals surface area contributed by atoms with Gasteiger partial charge in [-0.15, -0.1) is 0 Å². The van der Waals surface area contributed by atoms with Crippen molar-refractivity contribution in [2.24, 2.45) is 0 Å². The highest BCUT2D eigenvalue weighted by Gasteiger charge is 2.19. The van der Waals surface area contributed by atoms with E-state index >= 15 is 0 Å². The number of halogens is 3. The van der Waals surface area contributed by atoms with Crippen LogP contribution in [0, 0.1) is 11.3 Å². The summed E-state index contributed by atoms with van der Waals surface area (Å²) in [4.78, 5) is 2.62. The van der Waals surface area contributed by atoms with Gasteiger partial charge in [0.2, 0.25) is 0 Å². The summed E-state index contributed by atoms with van der Waals surface area (Å²) in [5, 5.41) is 8.54. The zero-order chi connectivity index (χ0) is 11.6. The summed E-state index contributed by atoms with van der Waals surface area (Å²) >= 11 is 0. The SMILES string of the molecule is N#Cc1cc(C(F)F)ncc1S(=O)(=O)Cl. The van der Waals surface area contributed by atoms with E-state index in [2.05, 4.69) is 4.98 Å². The third kappa shape index (κ3) is 2.61. The molecule has 0 fully saturated rings. The smallest absolute Gasteiger partial charge is 0.254 e. The second-order valence-electron chi connectivity index (χ2n) is 2.46. The highest BCUT2D eigenvalue weighted by Crippen LogP contribution is 2.23. The highest BCUT2D eigenvalue weighted by atomic mass is 35.7. The summed E-state index contributed by atoms with van der Waals surface area (Å²) in [6.45, 7) is 0. The molecule has 0 amide bonds. The molecular weight excluding hydrogens is 250 g/mol. The summed E-state index contributed by atoms with van der Waals surface area (Å²) < 4.78 is 46.1. The van der Waals surface area contributed by atoms with E-state index in [1.54, 1.807) is 0 Å². The fourth-order valence-corrected chi connectivity index (χ4v) is 1.77. The van der Waals surface area contributed by atoms with Crippen LogP contribution < -0.4 is 0 Å². The minimum atomic E-state index is -4.15. The molecule has 0 spiro atoms. The number of pyridine rings is 1. The van der Waals surface area contributed by atoms with Crippen LogP contribution in [0.25, 0.3) is 0 Å². The Morgan fingerprint density at radius 1 is 1.53 bits per heavy atom. The Kier molecular flexibility index (Phi) is 3.21. The van der Waals surface area contributed by atoms with Crippen molar-refractivity contribution in [1.29, 1.82) is 5.26 Å². The van der Waals surface area contributed by atoms with Gasteiger partial charge in [-0.3, -0.25) is 4.98 Å². The molecule has 0 radical (unpaired) electrons. The van der Waals surface area contributed by atoms with Gasteiger partial charge in [-0.2, -0.15) is 5.26 Å². The molecule has 8 heteroatoms. The van der Waals surface area contributed by atoms with E-state index in [4.69, 9.17) is 15.9 Å². The molecule has 0 N–H and O–H groups in total. The highest BCUT2D eigenvalue weighted by molar-refractivity contribution is 8.13. The van der Waals surface area contributed by atoms with Crippen molar-refractivity contribution in [2.45, 2.75) is 11.3 Å². The zero-order valence-corrected chi connectivity index (χ0v) is 8.56. The van der Waals surface area contributed by atoms with Crippen LogP contribution in [0.5, 0.6) is 0 Å². The maximum atomic E-state index is 12.2. The molecule has 0 saturated carbocycles. The molecule has 0 bridgehead atoms. The summed E-state index contributed by atoms with van der Waals surface area (Å²) in [5.41, 5.74) is -1.12. The van der Waals surface area contributed by atoms with E-state index < -0.39 is 31.6 Å². The fourth-order valence-electron chi connectivity index (χ4n) is 0.860. The van der Waals surface area contributed by atoms with Crippen LogP contribution in [0.2, 0.25) is 0 Å². The molecule has 0 aliphatic carbocycles. The Morgan fingerprint density at radius 2 is 2.13 bits per heavy atom. The van der Waals surface area contributed by atoms with Crippen molar-refractivity contribution in [2.75, 3.05) is 0 Å². The quantitative estimate of drug-likeness (QED) is 0.753. The average molecular weight is 253 g/mol. The van der Waals surface area contributed by atoms with Crippen molar-refractivity contribution in [3.8, 4) is 6.07 Å². The first-order chi connectivity index (χ1) is 6.86. The molecule has 1 aromatic rings. The molecule has 0 unspecified atom stereocenters. The number of alkyl halides is 2. The maximum Gasteiger partial charge on any atom is 0.280 e. The molecular formula is C7H3ClF2N2O2S. The first-order valence-electron chi connectivity index (χ1n) is 3.49. The van der Waals surface area contributed by atoms with Crippen LogP contribution in [0.15, 0.2) is 17.2 Å². The largest absolute Gasteiger partial charge is 0.280 e. The number of aromatic nitrogens is 1. The summed E-state index contributed by atoms with van der Waals surface area (Å²) in [5.74, 6) is 0. The lowest BCUT2D eigenvalue weighted by atomic mass is 10.2. The van der Waals surface area contributed by atoms with Crippen molar-refractivity contribution in [1.82, 2.24) is 4.98 Å². The molecule has 0 aliphatic heterocycles. The van der Waals surface area contributed by atoms with E-state index in [0.717, 1.165) is 0 Å². The van der Waals surface area contributed by atoms with Crippen molar-refractivity contribution < 1.29 is 17.2 Å². The third-order valence-corrected chi connectivity index (χ3v) is 2.84. The lowest BCUT2D eigenvalue weighted by Gasteiger charge is -2.02. The Morgan fingerprint density at radius 3 is 2.53 bits per heavy atom. The second kappa shape index (κ2) is 4.08. The first kappa shape index (κ1) is 11.8. The third-order valence-electron chi connectivity index (χ3n) is 1.50. The summed E-state index contributed by atoms with van der Waals surface area (Å²) in [6.07, 6.45) is -2.23. The van der Waals surface area contributed by atoms with E-state index in [-0.39, 0.29) is 0 Å². The molecule has 0 aromatic carbocycles. The van der Waals surface area contributed by atoms with Gasteiger partial charge in [0.25, 0.3) is 15.5 Å². The van der Waals surface area contributed by atoms with Gasteiger partial charge in [0.1, 0.15) is 16.7 Å². The summed E-state index contributed by atoms with van der Waals surface area (Å²) in [6, 6.07) is 2.15.